The summed E-state index contributed by atoms with van der Waals surface area (Å²) in [5.41, 5.74) is 3.86. The van der Waals surface area contributed by atoms with Crippen molar-refractivity contribution in [2.45, 2.75) is 12.5 Å². The summed E-state index contributed by atoms with van der Waals surface area (Å²) < 4.78 is 4.78. The predicted molar refractivity (Wildman–Crippen MR) is 65.6 cm³/mol. The number of nitrogens with one attached hydrogen (secondary N) is 1. The maximum absolute atomic E-state index is 5.52. The van der Waals surface area contributed by atoms with Crippen LogP contribution in [0.3, 0.4) is 0 Å². The molecule has 84 valence electrons. The molecule has 3 N–H and O–H groups in total. The largest absolute Gasteiger partial charge is 0.271 e. The van der Waals surface area contributed by atoms with Gasteiger partial charge in [-0.25, -0.2) is 0 Å². The van der Waals surface area contributed by atoms with E-state index in [1.807, 2.05) is 12.3 Å². The highest BCUT2D eigenvalue weighted by molar-refractivity contribution is 9.10. The van der Waals surface area contributed by atoms with Crippen molar-refractivity contribution in [3.8, 4) is 0 Å². The highest BCUT2D eigenvalue weighted by Crippen LogP contribution is 2.20. The number of pyridine rings is 1. The Kier molecular flexibility index (Phi) is 3.94. The van der Waals surface area contributed by atoms with E-state index in [2.05, 4.69) is 35.9 Å². The van der Waals surface area contributed by atoms with E-state index < -0.39 is 0 Å². The third kappa shape index (κ3) is 2.82. The second-order valence-electron chi connectivity index (χ2n) is 3.25. The molecule has 0 fully saturated rings. The predicted octanol–water partition coefficient (Wildman–Crippen LogP) is 1.44. The second kappa shape index (κ2) is 5.44. The number of rotatable bonds is 4. The Balaban J connectivity index is 2.13. The van der Waals surface area contributed by atoms with Gasteiger partial charge in [-0.05, 0) is 45.5 Å². The van der Waals surface area contributed by atoms with Gasteiger partial charge in [-0.15, -0.1) is 5.10 Å². The van der Waals surface area contributed by atoms with E-state index in [4.69, 9.17) is 5.84 Å². The highest BCUT2D eigenvalue weighted by atomic mass is 79.9. The smallest absolute Gasteiger partial charge is 0.0670 e. The number of aromatic nitrogens is 3. The van der Waals surface area contributed by atoms with E-state index in [1.165, 1.54) is 11.5 Å². The fourth-order valence-corrected chi connectivity index (χ4v) is 2.35. The molecule has 1 unspecified atom stereocenters. The van der Waals surface area contributed by atoms with Gasteiger partial charge in [-0.2, -0.15) is 0 Å². The lowest BCUT2D eigenvalue weighted by Gasteiger charge is -2.12. The summed E-state index contributed by atoms with van der Waals surface area (Å²) >= 11 is 4.73. The molecule has 0 aliphatic carbocycles. The van der Waals surface area contributed by atoms with Gasteiger partial charge >= 0.3 is 0 Å². The minimum Gasteiger partial charge on any atom is -0.271 e. The summed E-state index contributed by atoms with van der Waals surface area (Å²) in [5.74, 6) is 5.52. The first-order valence-corrected chi connectivity index (χ1v) is 6.19. The van der Waals surface area contributed by atoms with Crippen molar-refractivity contribution in [3.63, 3.8) is 0 Å². The molecule has 5 nitrogen and oxygen atoms in total. The van der Waals surface area contributed by atoms with Crippen LogP contribution in [0.5, 0.6) is 0 Å². The molecular formula is C9H10BrN5S. The van der Waals surface area contributed by atoms with Gasteiger partial charge in [0.2, 0.25) is 0 Å². The molecule has 0 amide bonds. The molecule has 2 rings (SSSR count). The fourth-order valence-electron chi connectivity index (χ4n) is 1.37. The summed E-state index contributed by atoms with van der Waals surface area (Å²) in [4.78, 5) is 5.13. The van der Waals surface area contributed by atoms with Crippen molar-refractivity contribution >= 4 is 27.5 Å². The van der Waals surface area contributed by atoms with E-state index >= 15 is 0 Å². The van der Waals surface area contributed by atoms with Crippen LogP contribution in [0.1, 0.15) is 16.5 Å². The first-order valence-electron chi connectivity index (χ1n) is 4.62. The van der Waals surface area contributed by atoms with Gasteiger partial charge in [0.05, 0.1) is 17.1 Å². The number of hydrazine groups is 1. The van der Waals surface area contributed by atoms with Gasteiger partial charge in [-0.3, -0.25) is 16.3 Å². The summed E-state index contributed by atoms with van der Waals surface area (Å²) in [6.07, 6.45) is 6.06. The number of hydrogen-bond acceptors (Lipinski definition) is 6. The molecule has 2 aromatic heterocycles. The van der Waals surface area contributed by atoms with Crippen LogP contribution in [0.15, 0.2) is 29.1 Å². The minimum absolute atomic E-state index is 0.0242. The zero-order valence-electron chi connectivity index (χ0n) is 8.30. The summed E-state index contributed by atoms with van der Waals surface area (Å²) in [5, 5.41) is 3.80. The molecule has 0 radical (unpaired) electrons. The monoisotopic (exact) mass is 299 g/mol. The minimum atomic E-state index is 0.0242. The summed E-state index contributed by atoms with van der Waals surface area (Å²) in [7, 11) is 0. The number of nitrogens with two attached hydrogens (primary N) is 1. The van der Waals surface area contributed by atoms with E-state index in [0.29, 0.717) is 0 Å². The van der Waals surface area contributed by atoms with Crippen LogP contribution >= 0.6 is 27.5 Å². The summed E-state index contributed by atoms with van der Waals surface area (Å²) in [6, 6.07) is 2.04. The Hall–Kier alpha value is -0.890. The van der Waals surface area contributed by atoms with Gasteiger partial charge in [-0.1, -0.05) is 4.49 Å². The molecular weight excluding hydrogens is 290 g/mol. The molecule has 0 aliphatic rings. The molecule has 2 heterocycles. The zero-order valence-corrected chi connectivity index (χ0v) is 10.7. The van der Waals surface area contributed by atoms with Crippen LogP contribution in [0.4, 0.5) is 0 Å². The molecule has 0 spiro atoms. The molecule has 7 heteroatoms. The van der Waals surface area contributed by atoms with Gasteiger partial charge in [0.15, 0.2) is 0 Å². The van der Waals surface area contributed by atoms with Gasteiger partial charge in [0, 0.05) is 16.9 Å². The van der Waals surface area contributed by atoms with Crippen LogP contribution in [0.25, 0.3) is 0 Å². The van der Waals surface area contributed by atoms with Gasteiger partial charge in [0.1, 0.15) is 0 Å². The zero-order chi connectivity index (χ0) is 11.4. The van der Waals surface area contributed by atoms with Crippen LogP contribution in [-0.2, 0) is 6.42 Å². The molecule has 1 atom stereocenters. The van der Waals surface area contributed by atoms with Gasteiger partial charge in [0.25, 0.3) is 0 Å². The first-order chi connectivity index (χ1) is 7.79. The lowest BCUT2D eigenvalue weighted by molar-refractivity contribution is 0.559. The van der Waals surface area contributed by atoms with Crippen molar-refractivity contribution in [1.29, 1.82) is 0 Å². The van der Waals surface area contributed by atoms with E-state index in [1.54, 1.807) is 12.4 Å². The maximum Gasteiger partial charge on any atom is 0.0670 e. The Morgan fingerprint density at radius 2 is 2.31 bits per heavy atom. The van der Waals surface area contributed by atoms with Crippen molar-refractivity contribution in [3.05, 3.63) is 39.6 Å². The molecule has 16 heavy (non-hydrogen) atoms. The average Bonchev–Trinajstić information content (AvgIpc) is 2.79. The highest BCUT2D eigenvalue weighted by Gasteiger charge is 2.13. The molecule has 0 bridgehead atoms. The van der Waals surface area contributed by atoms with Crippen molar-refractivity contribution in [1.82, 2.24) is 20.0 Å². The SMILES string of the molecule is NNC(Cc1cncc(Br)c1)c1cnns1. The van der Waals surface area contributed by atoms with E-state index in [-0.39, 0.29) is 6.04 Å². The molecule has 2 aromatic rings. The number of nitrogens with zero attached hydrogens (tertiary/aromatic N) is 3. The fraction of sp³-hybridized carbons (Fsp3) is 0.222. The molecule has 0 saturated heterocycles. The topological polar surface area (TPSA) is 76.7 Å². The van der Waals surface area contributed by atoms with E-state index in [0.717, 1.165) is 21.3 Å². The van der Waals surface area contributed by atoms with Crippen LogP contribution in [-0.4, -0.2) is 14.6 Å². The van der Waals surface area contributed by atoms with Crippen LogP contribution in [0, 0.1) is 0 Å². The second-order valence-corrected chi connectivity index (χ2v) is 4.99. The third-order valence-corrected chi connectivity index (χ3v) is 3.33. The molecule has 0 saturated carbocycles. The lowest BCUT2D eigenvalue weighted by Crippen LogP contribution is -2.29. The normalized spacial score (nSPS) is 12.6. The van der Waals surface area contributed by atoms with Crippen molar-refractivity contribution in [2.75, 3.05) is 0 Å². The van der Waals surface area contributed by atoms with Crippen LogP contribution < -0.4 is 11.3 Å². The van der Waals surface area contributed by atoms with Crippen LogP contribution in [0.2, 0.25) is 0 Å². The van der Waals surface area contributed by atoms with E-state index in [9.17, 15) is 0 Å². The molecule has 0 aromatic carbocycles. The van der Waals surface area contributed by atoms with Crippen molar-refractivity contribution in [2.24, 2.45) is 5.84 Å². The summed E-state index contributed by atoms with van der Waals surface area (Å²) in [6.45, 7) is 0. The van der Waals surface area contributed by atoms with Crippen molar-refractivity contribution < 1.29 is 0 Å². The third-order valence-electron chi connectivity index (χ3n) is 2.12. The maximum atomic E-state index is 5.52. The number of halogens is 1. The number of hydrogen-bond donors (Lipinski definition) is 2. The first kappa shape index (κ1) is 11.6. The molecule has 0 aliphatic heterocycles. The Bertz CT molecular complexity index is 447. The average molecular weight is 300 g/mol. The Morgan fingerprint density at radius 1 is 1.44 bits per heavy atom. The Morgan fingerprint density at radius 3 is 2.94 bits per heavy atom. The lowest BCUT2D eigenvalue weighted by atomic mass is 10.1. The van der Waals surface area contributed by atoms with Gasteiger partial charge < -0.3 is 0 Å². The Labute approximate surface area is 105 Å². The standard InChI is InChI=1S/C9H10BrN5S/c10-7-1-6(3-12-4-7)2-8(14-11)9-5-13-15-16-9/h1,3-5,8,14H,2,11H2. The quantitative estimate of drug-likeness (QED) is 0.660.